The zero-order valence-electron chi connectivity index (χ0n) is 20.9. The Hall–Kier alpha value is -3.92. The van der Waals surface area contributed by atoms with E-state index in [1.807, 2.05) is 101 Å². The molecule has 180 valence electrons. The van der Waals surface area contributed by atoms with E-state index in [0.717, 1.165) is 22.3 Å². The van der Waals surface area contributed by atoms with Crippen LogP contribution in [0.2, 0.25) is 0 Å². The number of carboxylic acids is 2. The fourth-order valence-electron chi connectivity index (χ4n) is 2.17. The molecule has 0 unspecified atom stereocenters. The molecule has 0 heterocycles. The predicted molar refractivity (Wildman–Crippen MR) is 144 cm³/mol. The minimum Gasteiger partial charge on any atom is -0.478 e. The lowest BCUT2D eigenvalue weighted by molar-refractivity contribution is -0.133. The molecule has 34 heavy (non-hydrogen) atoms. The summed E-state index contributed by atoms with van der Waals surface area (Å²) < 4.78 is 0. The van der Waals surface area contributed by atoms with Gasteiger partial charge in [0, 0.05) is 11.1 Å². The van der Waals surface area contributed by atoms with Gasteiger partial charge in [-0.15, -0.1) is 0 Å². The van der Waals surface area contributed by atoms with E-state index in [4.69, 9.17) is 10.2 Å². The first-order valence-electron chi connectivity index (χ1n) is 10.9. The first-order chi connectivity index (χ1) is 16.0. The maximum Gasteiger partial charge on any atom is 0.331 e. The largest absolute Gasteiger partial charge is 0.478 e. The van der Waals surface area contributed by atoms with E-state index in [9.17, 15) is 9.59 Å². The Labute approximate surface area is 204 Å². The summed E-state index contributed by atoms with van der Waals surface area (Å²) in [7, 11) is 0. The lowest BCUT2D eigenvalue weighted by Crippen LogP contribution is -1.94. The standard InChI is InChI=1S/C30H36O4/c1-23(15-9-17-25(3)19-11-21-27(5)29(31)32)13-7-8-14-24(2)16-10-18-26(4)20-12-22-28(6)30(33)34/h7-22H,1-6H3,(H,31,32)(H,33,34). The molecule has 0 spiro atoms. The number of hydrogen-bond acceptors (Lipinski definition) is 2. The molecule has 0 aromatic carbocycles. The molecule has 2 N–H and O–H groups in total. The summed E-state index contributed by atoms with van der Waals surface area (Å²) in [6.07, 6.45) is 30.2. The van der Waals surface area contributed by atoms with E-state index < -0.39 is 11.9 Å². The summed E-state index contributed by atoms with van der Waals surface area (Å²) >= 11 is 0. The van der Waals surface area contributed by atoms with E-state index in [1.54, 1.807) is 38.2 Å². The third-order valence-electron chi connectivity index (χ3n) is 4.35. The molecule has 4 heteroatoms. The fraction of sp³-hybridized carbons (Fsp3) is 0.200. The van der Waals surface area contributed by atoms with Crippen LogP contribution in [0.3, 0.4) is 0 Å². The van der Waals surface area contributed by atoms with Crippen LogP contribution in [0.1, 0.15) is 41.5 Å². The average Bonchev–Trinajstić information content (AvgIpc) is 2.76. The molecule has 0 aliphatic rings. The second-order valence-electron chi connectivity index (χ2n) is 7.77. The number of carboxylic acid groups (broad SMARTS) is 2. The van der Waals surface area contributed by atoms with Gasteiger partial charge < -0.3 is 10.2 Å². The van der Waals surface area contributed by atoms with Crippen molar-refractivity contribution in [3.63, 3.8) is 0 Å². The van der Waals surface area contributed by atoms with Crippen LogP contribution in [0.5, 0.6) is 0 Å². The number of carbonyl (C=O) groups is 2. The average molecular weight is 461 g/mol. The van der Waals surface area contributed by atoms with Crippen molar-refractivity contribution in [1.82, 2.24) is 0 Å². The molecule has 0 aliphatic carbocycles. The van der Waals surface area contributed by atoms with Gasteiger partial charge in [0.15, 0.2) is 0 Å². The summed E-state index contributed by atoms with van der Waals surface area (Å²) in [4.78, 5) is 21.5. The van der Waals surface area contributed by atoms with Crippen molar-refractivity contribution in [2.45, 2.75) is 41.5 Å². The number of aliphatic carboxylic acids is 2. The normalized spacial score (nSPS) is 15.7. The molecule has 0 aliphatic heterocycles. The lowest BCUT2D eigenvalue weighted by Gasteiger charge is -1.91. The quantitative estimate of drug-likeness (QED) is 0.232. The maximum absolute atomic E-state index is 10.7. The molecule has 4 nitrogen and oxygen atoms in total. The van der Waals surface area contributed by atoms with Crippen molar-refractivity contribution in [3.05, 3.63) is 131 Å². The van der Waals surface area contributed by atoms with Crippen LogP contribution in [0, 0.1) is 0 Å². The highest BCUT2D eigenvalue weighted by molar-refractivity contribution is 5.86. The summed E-state index contributed by atoms with van der Waals surface area (Å²) in [5, 5.41) is 17.6. The molecule has 0 atom stereocenters. The number of allylic oxidation sites excluding steroid dienone is 20. The Bertz CT molecular complexity index is 959. The van der Waals surface area contributed by atoms with Crippen LogP contribution in [0.15, 0.2) is 131 Å². The van der Waals surface area contributed by atoms with Crippen LogP contribution in [-0.2, 0) is 9.59 Å². The fourth-order valence-corrected chi connectivity index (χ4v) is 2.17. The van der Waals surface area contributed by atoms with Gasteiger partial charge in [0.05, 0.1) is 0 Å². The number of rotatable bonds is 12. The highest BCUT2D eigenvalue weighted by atomic mass is 16.4. The lowest BCUT2D eigenvalue weighted by atomic mass is 10.2. The minimum atomic E-state index is -0.917. The third-order valence-corrected chi connectivity index (χ3v) is 4.35. The van der Waals surface area contributed by atoms with Gasteiger partial charge in [-0.2, -0.15) is 0 Å². The molecule has 0 saturated heterocycles. The van der Waals surface area contributed by atoms with Gasteiger partial charge in [0.1, 0.15) is 0 Å². The Kier molecular flexibility index (Phi) is 15.6. The maximum atomic E-state index is 10.7. The Morgan fingerprint density at radius 1 is 0.412 bits per heavy atom. The van der Waals surface area contributed by atoms with Crippen LogP contribution in [0.25, 0.3) is 0 Å². The Morgan fingerprint density at radius 2 is 0.647 bits per heavy atom. The van der Waals surface area contributed by atoms with Gasteiger partial charge in [-0.05, 0) is 41.5 Å². The third kappa shape index (κ3) is 16.7. The number of hydrogen-bond donors (Lipinski definition) is 2. The van der Waals surface area contributed by atoms with E-state index in [2.05, 4.69) is 0 Å². The van der Waals surface area contributed by atoms with Crippen molar-refractivity contribution in [1.29, 1.82) is 0 Å². The van der Waals surface area contributed by atoms with E-state index in [1.165, 1.54) is 0 Å². The second kappa shape index (κ2) is 17.6. The summed E-state index contributed by atoms with van der Waals surface area (Å²) in [5.41, 5.74) is 4.84. The van der Waals surface area contributed by atoms with Gasteiger partial charge >= 0.3 is 11.9 Å². The molecule has 0 bridgehead atoms. The van der Waals surface area contributed by atoms with Crippen molar-refractivity contribution >= 4 is 11.9 Å². The van der Waals surface area contributed by atoms with Crippen LogP contribution in [0.4, 0.5) is 0 Å². The molecule has 0 fully saturated rings. The zero-order chi connectivity index (χ0) is 25.9. The molecule has 0 radical (unpaired) electrons. The highest BCUT2D eigenvalue weighted by Crippen LogP contribution is 2.03. The second-order valence-corrected chi connectivity index (χ2v) is 7.77. The van der Waals surface area contributed by atoms with Gasteiger partial charge in [0.2, 0.25) is 0 Å². The van der Waals surface area contributed by atoms with Crippen LogP contribution < -0.4 is 0 Å². The van der Waals surface area contributed by atoms with Crippen molar-refractivity contribution in [2.24, 2.45) is 0 Å². The smallest absolute Gasteiger partial charge is 0.331 e. The van der Waals surface area contributed by atoms with Gasteiger partial charge in [-0.25, -0.2) is 9.59 Å². The molecular formula is C30H36O4. The Balaban J connectivity index is 4.78. The van der Waals surface area contributed by atoms with Gasteiger partial charge in [-0.3, -0.25) is 0 Å². The molecular weight excluding hydrogens is 424 g/mol. The van der Waals surface area contributed by atoms with E-state index in [-0.39, 0.29) is 0 Å². The van der Waals surface area contributed by atoms with Crippen LogP contribution >= 0.6 is 0 Å². The minimum absolute atomic E-state index is 0.298. The summed E-state index contributed by atoms with van der Waals surface area (Å²) in [5.74, 6) is -1.83. The molecule has 0 aromatic heterocycles. The van der Waals surface area contributed by atoms with Gasteiger partial charge in [0.25, 0.3) is 0 Å². The Morgan fingerprint density at radius 3 is 0.912 bits per heavy atom. The summed E-state index contributed by atoms with van der Waals surface area (Å²) in [6.45, 7) is 11.1. The molecule has 0 rings (SSSR count). The van der Waals surface area contributed by atoms with Crippen molar-refractivity contribution in [3.8, 4) is 0 Å². The van der Waals surface area contributed by atoms with Crippen molar-refractivity contribution < 1.29 is 19.8 Å². The van der Waals surface area contributed by atoms with Crippen molar-refractivity contribution in [2.75, 3.05) is 0 Å². The molecule has 0 aromatic rings. The predicted octanol–water partition coefficient (Wildman–Crippen LogP) is 7.61. The molecule has 0 amide bonds. The monoisotopic (exact) mass is 460 g/mol. The van der Waals surface area contributed by atoms with E-state index >= 15 is 0 Å². The first kappa shape index (κ1) is 30.1. The zero-order valence-corrected chi connectivity index (χ0v) is 20.9. The first-order valence-corrected chi connectivity index (χ1v) is 10.9. The highest BCUT2D eigenvalue weighted by Gasteiger charge is 1.96. The van der Waals surface area contributed by atoms with E-state index in [0.29, 0.717) is 11.1 Å². The van der Waals surface area contributed by atoms with Gasteiger partial charge in [-0.1, -0.05) is 120 Å². The topological polar surface area (TPSA) is 74.6 Å². The van der Waals surface area contributed by atoms with Crippen LogP contribution in [-0.4, -0.2) is 22.2 Å². The summed E-state index contributed by atoms with van der Waals surface area (Å²) in [6, 6.07) is 0. The SMILES string of the molecule is CC(C=CC=C(C)C=CC=C(C)C(=O)O)=CC=CC=C(C)C=CC=C(C)C=CC=C(C)C(=O)O. The molecule has 0 saturated carbocycles.